The van der Waals surface area contributed by atoms with Crippen molar-refractivity contribution in [1.82, 2.24) is 9.97 Å². The molecule has 0 fully saturated rings. The van der Waals surface area contributed by atoms with Gasteiger partial charge in [0.15, 0.2) is 0 Å². The molecular weight excluding hydrogens is 309 g/mol. The van der Waals surface area contributed by atoms with Gasteiger partial charge in [-0.3, -0.25) is 0 Å². The zero-order chi connectivity index (χ0) is 16.9. The molecule has 0 bridgehead atoms. The summed E-state index contributed by atoms with van der Waals surface area (Å²) in [7, 11) is 1.58. The molecule has 1 aromatic heterocycles. The van der Waals surface area contributed by atoms with E-state index in [1.165, 1.54) is 12.4 Å². The van der Waals surface area contributed by atoms with E-state index >= 15 is 0 Å². The number of halogens is 1. The maximum absolute atomic E-state index is 14.6. The van der Waals surface area contributed by atoms with E-state index in [0.29, 0.717) is 35.7 Å². The minimum absolute atomic E-state index is 0.331. The summed E-state index contributed by atoms with van der Waals surface area (Å²) in [6.45, 7) is 2.79. The fraction of sp³-hybridized carbons (Fsp3) is 0.222. The second-order valence-electron chi connectivity index (χ2n) is 5.35. The van der Waals surface area contributed by atoms with Crippen LogP contribution in [-0.2, 0) is 4.74 Å². The van der Waals surface area contributed by atoms with Crippen LogP contribution in [-0.4, -0.2) is 30.3 Å². The van der Waals surface area contributed by atoms with Crippen molar-refractivity contribution in [2.24, 2.45) is 0 Å². The molecule has 24 heavy (non-hydrogen) atoms. The summed E-state index contributed by atoms with van der Waals surface area (Å²) in [6, 6.07) is 10.8. The van der Waals surface area contributed by atoms with Crippen molar-refractivity contribution in [3.63, 3.8) is 0 Å². The molecule has 0 spiro atoms. The van der Waals surface area contributed by atoms with Crippen LogP contribution in [0.3, 0.4) is 0 Å². The van der Waals surface area contributed by atoms with Crippen molar-refractivity contribution in [1.29, 1.82) is 0 Å². The maximum Gasteiger partial charge on any atom is 0.144 e. The second-order valence-corrected chi connectivity index (χ2v) is 5.35. The van der Waals surface area contributed by atoms with Gasteiger partial charge in [0.25, 0.3) is 0 Å². The highest BCUT2D eigenvalue weighted by Crippen LogP contribution is 2.29. The Balaban J connectivity index is 1.93. The third-order valence-electron chi connectivity index (χ3n) is 3.53. The van der Waals surface area contributed by atoms with Gasteiger partial charge in [0.05, 0.1) is 17.5 Å². The average Bonchev–Trinajstić information content (AvgIpc) is 2.57. The molecule has 0 amide bonds. The zero-order valence-electron chi connectivity index (χ0n) is 13.5. The van der Waals surface area contributed by atoms with Crippen molar-refractivity contribution in [2.75, 3.05) is 25.6 Å². The number of nitrogens with one attached hydrogen (secondary N) is 1. The van der Waals surface area contributed by atoms with Crippen LogP contribution in [0.2, 0.25) is 0 Å². The number of aromatic nitrogens is 2. The second kappa shape index (κ2) is 7.23. The molecule has 1 heterocycles. The number of rotatable bonds is 6. The van der Waals surface area contributed by atoms with Crippen LogP contribution >= 0.6 is 0 Å². The summed E-state index contributed by atoms with van der Waals surface area (Å²) < 4.78 is 24.9. The molecule has 0 radical (unpaired) electrons. The Kier molecular flexibility index (Phi) is 4.86. The quantitative estimate of drug-likeness (QED) is 0.697. The van der Waals surface area contributed by atoms with E-state index in [2.05, 4.69) is 15.3 Å². The van der Waals surface area contributed by atoms with Crippen molar-refractivity contribution in [3.8, 4) is 5.75 Å². The summed E-state index contributed by atoms with van der Waals surface area (Å²) in [4.78, 5) is 8.31. The number of ether oxygens (including phenoxy) is 2. The third-order valence-corrected chi connectivity index (χ3v) is 3.53. The van der Waals surface area contributed by atoms with Gasteiger partial charge in [0, 0.05) is 24.9 Å². The van der Waals surface area contributed by atoms with E-state index < -0.39 is 5.82 Å². The summed E-state index contributed by atoms with van der Waals surface area (Å²) in [5, 5.41) is 3.47. The molecule has 3 aromatic rings. The molecule has 0 aliphatic rings. The zero-order valence-corrected chi connectivity index (χ0v) is 13.5. The Morgan fingerprint density at radius 1 is 1.08 bits per heavy atom. The fourth-order valence-corrected chi connectivity index (χ4v) is 2.31. The molecular formula is C18H18FN3O2. The lowest BCUT2D eigenvalue weighted by molar-refractivity contribution is 0.146. The first-order valence-corrected chi connectivity index (χ1v) is 7.57. The molecule has 0 atom stereocenters. The number of methoxy groups -OCH3 is 1. The van der Waals surface area contributed by atoms with Crippen LogP contribution < -0.4 is 10.1 Å². The molecule has 124 valence electrons. The number of aryl methyl sites for hydroxylation is 1. The molecule has 0 saturated heterocycles. The number of fused-ring (bicyclic) bond motifs is 1. The SMILES string of the molecule is COCCOc1cc(F)c2c(Nc3ccc(C)cc3)ncnc2c1. The van der Waals surface area contributed by atoms with Gasteiger partial charge >= 0.3 is 0 Å². The highest BCUT2D eigenvalue weighted by Gasteiger charge is 2.12. The average molecular weight is 327 g/mol. The molecule has 0 unspecified atom stereocenters. The minimum Gasteiger partial charge on any atom is -0.491 e. The van der Waals surface area contributed by atoms with Crippen LogP contribution in [0.15, 0.2) is 42.7 Å². The molecule has 6 heteroatoms. The molecule has 5 nitrogen and oxygen atoms in total. The van der Waals surface area contributed by atoms with Crippen LogP contribution in [0, 0.1) is 12.7 Å². The topological polar surface area (TPSA) is 56.3 Å². The highest BCUT2D eigenvalue weighted by atomic mass is 19.1. The lowest BCUT2D eigenvalue weighted by atomic mass is 10.2. The van der Waals surface area contributed by atoms with E-state index in [0.717, 1.165) is 11.3 Å². The molecule has 2 aromatic carbocycles. The number of hydrogen-bond acceptors (Lipinski definition) is 5. The summed E-state index contributed by atoms with van der Waals surface area (Å²) in [5.41, 5.74) is 2.46. The van der Waals surface area contributed by atoms with Crippen molar-refractivity contribution in [2.45, 2.75) is 6.92 Å². The highest BCUT2D eigenvalue weighted by molar-refractivity contribution is 5.92. The van der Waals surface area contributed by atoms with Gasteiger partial charge in [-0.05, 0) is 19.1 Å². The Labute approximate surface area is 139 Å². The number of anilines is 2. The predicted octanol–water partition coefficient (Wildman–Crippen LogP) is 3.85. The number of benzene rings is 2. The van der Waals surface area contributed by atoms with Gasteiger partial charge in [0.1, 0.15) is 30.3 Å². The summed E-state index contributed by atoms with van der Waals surface area (Å²) in [6.07, 6.45) is 1.40. The maximum atomic E-state index is 14.6. The van der Waals surface area contributed by atoms with E-state index in [-0.39, 0.29) is 0 Å². The number of hydrogen-bond donors (Lipinski definition) is 1. The smallest absolute Gasteiger partial charge is 0.144 e. The van der Waals surface area contributed by atoms with Gasteiger partial charge in [-0.25, -0.2) is 14.4 Å². The minimum atomic E-state index is -0.435. The Hall–Kier alpha value is -2.73. The first kappa shape index (κ1) is 16.1. The lowest BCUT2D eigenvalue weighted by Crippen LogP contribution is -2.05. The molecule has 0 aliphatic heterocycles. The predicted molar refractivity (Wildman–Crippen MR) is 91.3 cm³/mol. The Bertz CT molecular complexity index is 838. The first-order chi connectivity index (χ1) is 11.7. The van der Waals surface area contributed by atoms with Crippen LogP contribution in [0.25, 0.3) is 10.9 Å². The van der Waals surface area contributed by atoms with Crippen molar-refractivity contribution in [3.05, 3.63) is 54.1 Å². The van der Waals surface area contributed by atoms with Gasteiger partial charge in [-0.2, -0.15) is 0 Å². The molecule has 3 rings (SSSR count). The lowest BCUT2D eigenvalue weighted by Gasteiger charge is -2.11. The van der Waals surface area contributed by atoms with Crippen molar-refractivity contribution < 1.29 is 13.9 Å². The first-order valence-electron chi connectivity index (χ1n) is 7.57. The summed E-state index contributed by atoms with van der Waals surface area (Å²) >= 11 is 0. The van der Waals surface area contributed by atoms with Gasteiger partial charge in [0.2, 0.25) is 0 Å². The van der Waals surface area contributed by atoms with Gasteiger partial charge < -0.3 is 14.8 Å². The van der Waals surface area contributed by atoms with Crippen LogP contribution in [0.5, 0.6) is 5.75 Å². The normalized spacial score (nSPS) is 10.8. The molecule has 0 saturated carbocycles. The van der Waals surface area contributed by atoms with E-state index in [4.69, 9.17) is 9.47 Å². The largest absolute Gasteiger partial charge is 0.491 e. The Morgan fingerprint density at radius 2 is 1.88 bits per heavy atom. The summed E-state index contributed by atoms with van der Waals surface area (Å²) in [5.74, 6) is 0.400. The fourth-order valence-electron chi connectivity index (χ4n) is 2.31. The van der Waals surface area contributed by atoms with E-state index in [9.17, 15) is 4.39 Å². The molecule has 0 aliphatic carbocycles. The van der Waals surface area contributed by atoms with E-state index in [1.807, 2.05) is 31.2 Å². The number of nitrogens with zero attached hydrogens (tertiary/aromatic N) is 2. The Morgan fingerprint density at radius 3 is 2.62 bits per heavy atom. The third kappa shape index (κ3) is 3.60. The van der Waals surface area contributed by atoms with Crippen LogP contribution in [0.4, 0.5) is 15.9 Å². The molecule has 1 N–H and O–H groups in total. The van der Waals surface area contributed by atoms with Gasteiger partial charge in [-0.15, -0.1) is 0 Å². The van der Waals surface area contributed by atoms with E-state index in [1.54, 1.807) is 13.2 Å². The van der Waals surface area contributed by atoms with Crippen molar-refractivity contribution >= 4 is 22.4 Å². The van der Waals surface area contributed by atoms with Crippen LogP contribution in [0.1, 0.15) is 5.56 Å². The van der Waals surface area contributed by atoms with Gasteiger partial charge in [-0.1, -0.05) is 17.7 Å². The standard InChI is InChI=1S/C18H18FN3O2/c1-12-3-5-13(6-4-12)22-18-17-15(19)9-14(24-8-7-23-2)10-16(17)20-11-21-18/h3-6,9-11H,7-8H2,1-2H3,(H,20,21,22). The monoisotopic (exact) mass is 327 g/mol.